The summed E-state index contributed by atoms with van der Waals surface area (Å²) in [6.45, 7) is 0.329. The molecular weight excluding hydrogens is 308 g/mol. The van der Waals surface area contributed by atoms with Crippen molar-refractivity contribution in [3.05, 3.63) is 53.6 Å². The smallest absolute Gasteiger partial charge is 0.215 e. The Morgan fingerprint density at radius 1 is 1.33 bits per heavy atom. The van der Waals surface area contributed by atoms with Crippen molar-refractivity contribution in [1.29, 1.82) is 0 Å². The Balaban J connectivity index is 1.89. The van der Waals surface area contributed by atoms with Gasteiger partial charge < -0.3 is 10.7 Å². The third kappa shape index (κ3) is 4.92. The molecule has 0 bridgehead atoms. The second-order valence-electron chi connectivity index (χ2n) is 4.54. The van der Waals surface area contributed by atoms with Crippen LogP contribution in [0.1, 0.15) is 16.8 Å². The van der Waals surface area contributed by atoms with E-state index in [1.54, 1.807) is 36.8 Å². The molecule has 8 heteroatoms. The number of aromatic nitrogens is 2. The quantitative estimate of drug-likeness (QED) is 0.651. The number of thiocarbonyl (C=S) groups is 1. The summed E-state index contributed by atoms with van der Waals surface area (Å²) >= 11 is 4.85. The summed E-state index contributed by atoms with van der Waals surface area (Å²) in [6, 6.07) is 6.86. The molecule has 21 heavy (non-hydrogen) atoms. The maximum atomic E-state index is 12.0. The van der Waals surface area contributed by atoms with Gasteiger partial charge in [0.2, 0.25) is 10.0 Å². The van der Waals surface area contributed by atoms with E-state index in [-0.39, 0.29) is 5.75 Å². The fourth-order valence-corrected chi connectivity index (χ4v) is 3.08. The maximum absolute atomic E-state index is 12.0. The SMILES string of the molecule is NC(=S)c1ccc(CS(=O)(=O)NCCc2cnc[nH]2)cc1. The Bertz CT molecular complexity index is 694. The summed E-state index contributed by atoms with van der Waals surface area (Å²) in [6.07, 6.45) is 3.80. The van der Waals surface area contributed by atoms with Gasteiger partial charge in [0.15, 0.2) is 0 Å². The molecule has 6 nitrogen and oxygen atoms in total. The minimum atomic E-state index is -3.37. The van der Waals surface area contributed by atoms with Crippen molar-refractivity contribution in [2.75, 3.05) is 6.54 Å². The molecule has 112 valence electrons. The second-order valence-corrected chi connectivity index (χ2v) is 6.79. The summed E-state index contributed by atoms with van der Waals surface area (Å²) in [5.41, 5.74) is 7.79. The number of aromatic amines is 1. The molecule has 2 aromatic rings. The standard InChI is InChI=1S/C13H16N4O2S2/c14-13(20)11-3-1-10(2-4-11)8-21(18,19)17-6-5-12-7-15-9-16-12/h1-4,7,9,17H,5-6,8H2,(H2,14,20)(H,15,16). The van der Waals surface area contributed by atoms with Gasteiger partial charge in [0.25, 0.3) is 0 Å². The van der Waals surface area contributed by atoms with Crippen LogP contribution in [0.2, 0.25) is 0 Å². The van der Waals surface area contributed by atoms with Crippen LogP contribution in [0, 0.1) is 0 Å². The molecule has 0 saturated carbocycles. The molecule has 0 aliphatic heterocycles. The van der Waals surface area contributed by atoms with E-state index in [4.69, 9.17) is 18.0 Å². The zero-order valence-corrected chi connectivity index (χ0v) is 12.9. The zero-order chi connectivity index (χ0) is 15.3. The molecule has 0 fully saturated rings. The molecule has 2 rings (SSSR count). The minimum absolute atomic E-state index is 0.0758. The first-order valence-electron chi connectivity index (χ1n) is 6.29. The lowest BCUT2D eigenvalue weighted by atomic mass is 10.1. The van der Waals surface area contributed by atoms with Crippen LogP contribution < -0.4 is 10.5 Å². The third-order valence-corrected chi connectivity index (χ3v) is 4.46. The van der Waals surface area contributed by atoms with Gasteiger partial charge in [0, 0.05) is 30.4 Å². The van der Waals surface area contributed by atoms with Crippen LogP contribution in [-0.4, -0.2) is 29.9 Å². The molecule has 1 heterocycles. The fourth-order valence-electron chi connectivity index (χ4n) is 1.80. The topological polar surface area (TPSA) is 101 Å². The van der Waals surface area contributed by atoms with Crippen molar-refractivity contribution in [3.63, 3.8) is 0 Å². The third-order valence-electron chi connectivity index (χ3n) is 2.87. The van der Waals surface area contributed by atoms with Crippen LogP contribution in [0.15, 0.2) is 36.8 Å². The summed E-state index contributed by atoms with van der Waals surface area (Å²) in [5.74, 6) is -0.0758. The molecule has 0 aliphatic rings. The Morgan fingerprint density at radius 3 is 2.62 bits per heavy atom. The van der Waals surface area contributed by atoms with Gasteiger partial charge in [-0.25, -0.2) is 18.1 Å². The number of benzene rings is 1. The van der Waals surface area contributed by atoms with Gasteiger partial charge in [-0.05, 0) is 5.56 Å². The molecule has 1 aromatic carbocycles. The highest BCUT2D eigenvalue weighted by Crippen LogP contribution is 2.08. The van der Waals surface area contributed by atoms with Crippen molar-refractivity contribution in [2.45, 2.75) is 12.2 Å². The normalized spacial score (nSPS) is 11.4. The van der Waals surface area contributed by atoms with E-state index in [9.17, 15) is 8.42 Å². The van der Waals surface area contributed by atoms with Crippen LogP contribution >= 0.6 is 12.2 Å². The van der Waals surface area contributed by atoms with Gasteiger partial charge in [0.1, 0.15) is 4.99 Å². The average Bonchev–Trinajstić information content (AvgIpc) is 2.91. The van der Waals surface area contributed by atoms with Crippen LogP contribution in [0.25, 0.3) is 0 Å². The number of imidazole rings is 1. The Kier molecular flexibility index (Phi) is 5.05. The van der Waals surface area contributed by atoms with Crippen LogP contribution in [0.4, 0.5) is 0 Å². The molecule has 0 atom stereocenters. The first-order valence-corrected chi connectivity index (χ1v) is 8.36. The summed E-state index contributed by atoms with van der Waals surface area (Å²) in [4.78, 5) is 7.09. The molecule has 0 spiro atoms. The molecule has 0 unspecified atom stereocenters. The Morgan fingerprint density at radius 2 is 2.05 bits per heavy atom. The Hall–Kier alpha value is -1.77. The van der Waals surface area contributed by atoms with E-state index in [0.29, 0.717) is 23.5 Å². The van der Waals surface area contributed by atoms with E-state index in [1.165, 1.54) is 0 Å². The number of nitrogens with one attached hydrogen (secondary N) is 2. The lowest BCUT2D eigenvalue weighted by molar-refractivity contribution is 0.580. The highest BCUT2D eigenvalue weighted by Gasteiger charge is 2.11. The van der Waals surface area contributed by atoms with Crippen molar-refractivity contribution < 1.29 is 8.42 Å². The zero-order valence-electron chi connectivity index (χ0n) is 11.2. The molecule has 0 aliphatic carbocycles. The molecule has 0 saturated heterocycles. The first kappa shape index (κ1) is 15.6. The highest BCUT2D eigenvalue weighted by molar-refractivity contribution is 7.88. The number of hydrogen-bond donors (Lipinski definition) is 3. The van der Waals surface area contributed by atoms with Crippen molar-refractivity contribution in [1.82, 2.24) is 14.7 Å². The lowest BCUT2D eigenvalue weighted by Gasteiger charge is -2.07. The lowest BCUT2D eigenvalue weighted by Crippen LogP contribution is -2.27. The van der Waals surface area contributed by atoms with Crippen LogP contribution in [-0.2, 0) is 22.2 Å². The van der Waals surface area contributed by atoms with Gasteiger partial charge in [-0.3, -0.25) is 0 Å². The molecule has 0 amide bonds. The fraction of sp³-hybridized carbons (Fsp3) is 0.231. The maximum Gasteiger partial charge on any atom is 0.215 e. The van der Waals surface area contributed by atoms with Gasteiger partial charge >= 0.3 is 0 Å². The number of hydrogen-bond acceptors (Lipinski definition) is 4. The first-order chi connectivity index (χ1) is 9.96. The van der Waals surface area contributed by atoms with E-state index in [1.807, 2.05) is 0 Å². The van der Waals surface area contributed by atoms with Crippen molar-refractivity contribution in [2.24, 2.45) is 5.73 Å². The molecular formula is C13H16N4O2S2. The van der Waals surface area contributed by atoms with E-state index >= 15 is 0 Å². The van der Waals surface area contributed by atoms with E-state index < -0.39 is 10.0 Å². The van der Waals surface area contributed by atoms with Crippen molar-refractivity contribution in [3.8, 4) is 0 Å². The molecule has 1 aromatic heterocycles. The molecule has 0 radical (unpaired) electrons. The molecule has 4 N–H and O–H groups in total. The largest absolute Gasteiger partial charge is 0.389 e. The number of rotatable bonds is 7. The van der Waals surface area contributed by atoms with Gasteiger partial charge in [0.05, 0.1) is 12.1 Å². The predicted molar refractivity (Wildman–Crippen MR) is 85.2 cm³/mol. The van der Waals surface area contributed by atoms with E-state index in [0.717, 1.165) is 11.3 Å². The number of H-pyrrole nitrogens is 1. The minimum Gasteiger partial charge on any atom is -0.389 e. The highest BCUT2D eigenvalue weighted by atomic mass is 32.2. The summed E-state index contributed by atoms with van der Waals surface area (Å²) in [7, 11) is -3.37. The monoisotopic (exact) mass is 324 g/mol. The number of nitrogens with zero attached hydrogens (tertiary/aromatic N) is 1. The van der Waals surface area contributed by atoms with Crippen molar-refractivity contribution >= 4 is 27.2 Å². The van der Waals surface area contributed by atoms with E-state index in [2.05, 4.69) is 14.7 Å². The van der Waals surface area contributed by atoms with Gasteiger partial charge in [-0.1, -0.05) is 36.5 Å². The second kappa shape index (κ2) is 6.79. The van der Waals surface area contributed by atoms with Crippen LogP contribution in [0.5, 0.6) is 0 Å². The predicted octanol–water partition coefficient (Wildman–Crippen LogP) is 0.706. The van der Waals surface area contributed by atoms with Gasteiger partial charge in [-0.15, -0.1) is 0 Å². The number of nitrogens with two attached hydrogens (primary N) is 1. The van der Waals surface area contributed by atoms with Crippen LogP contribution in [0.3, 0.4) is 0 Å². The number of sulfonamides is 1. The average molecular weight is 324 g/mol. The summed E-state index contributed by atoms with van der Waals surface area (Å²) < 4.78 is 26.5. The Labute approximate surface area is 128 Å². The summed E-state index contributed by atoms with van der Waals surface area (Å²) in [5, 5.41) is 0. The van der Waals surface area contributed by atoms with Gasteiger partial charge in [-0.2, -0.15) is 0 Å².